The summed E-state index contributed by atoms with van der Waals surface area (Å²) < 4.78 is 65.3. The molecule has 14 nitrogen and oxygen atoms in total. The molecule has 0 spiro atoms. The second-order valence-electron chi connectivity index (χ2n) is 8.12. The Labute approximate surface area is 385 Å². The van der Waals surface area contributed by atoms with Crippen molar-refractivity contribution in [2.75, 3.05) is 120 Å². The number of ether oxygens (including phenoxy) is 12. The van der Waals surface area contributed by atoms with Crippen molar-refractivity contribution in [1.29, 1.82) is 0 Å². The molecule has 4 atom stereocenters. The molecule has 60 heavy (non-hydrogen) atoms. The molecule has 4 unspecified atom stereocenters. The van der Waals surface area contributed by atoms with Crippen LogP contribution in [-0.2, 0) is 66.4 Å². The van der Waals surface area contributed by atoms with Gasteiger partial charge in [0.2, 0.25) is 0 Å². The van der Waals surface area contributed by atoms with Crippen LogP contribution < -0.4 is 0 Å². The van der Waals surface area contributed by atoms with E-state index in [9.17, 15) is 9.59 Å². The molecule has 0 aromatic rings. The van der Waals surface area contributed by atoms with E-state index in [1.54, 1.807) is 21.1 Å². The van der Waals surface area contributed by atoms with E-state index in [-0.39, 0.29) is 213 Å². The van der Waals surface area contributed by atoms with Crippen molar-refractivity contribution in [3.63, 3.8) is 0 Å². The van der Waals surface area contributed by atoms with Crippen molar-refractivity contribution in [3.05, 3.63) is 0 Å². The van der Waals surface area contributed by atoms with Gasteiger partial charge in [-0.05, 0) is 13.8 Å². The van der Waals surface area contributed by atoms with E-state index < -0.39 is 0 Å². The Kier molecular flexibility index (Phi) is 257. The van der Waals surface area contributed by atoms with Crippen molar-refractivity contribution < 1.29 is 66.4 Å². The molecule has 0 saturated carbocycles. The maximum atomic E-state index is 10.3. The first-order valence-corrected chi connectivity index (χ1v) is 13.4. The normalized spacial score (nSPS) is 9.73. The van der Waals surface area contributed by atoms with E-state index in [0.717, 1.165) is 0 Å². The Morgan fingerprint density at radius 2 is 0.517 bits per heavy atom. The average molecular weight is 908 g/mol. The fraction of sp³-hybridized carbons (Fsp3) is 0.957. The Balaban J connectivity index is -0.0000000400. The summed E-state index contributed by atoms with van der Waals surface area (Å²) in [7, 11) is 3.15. The average Bonchev–Trinajstić information content (AvgIpc) is 2.97. The molecule has 0 N–H and O–H groups in total. The lowest BCUT2D eigenvalue weighted by atomic mass is 10.4. The second kappa shape index (κ2) is 112. The van der Waals surface area contributed by atoms with E-state index in [4.69, 9.17) is 56.8 Å². The molecule has 0 rings (SSSR count). The van der Waals surface area contributed by atoms with Gasteiger partial charge in [0.25, 0.3) is 0 Å². The van der Waals surface area contributed by atoms with Gasteiger partial charge < -0.3 is 66.4 Å². The molecule has 0 saturated heterocycles. The highest BCUT2D eigenvalue weighted by molar-refractivity contribution is 5.50. The largest absolute Gasteiger partial charge is 0.376 e. The summed E-state index contributed by atoms with van der Waals surface area (Å²) in [5.41, 5.74) is 0. The Hall–Kier alpha value is -1.14. The standard InChI is InChI=1S/C26H50O14.20CH4/c1-23(29-3)37-15-14-36-22-26(40-18-17-38-24(2)30-4)21-35-12-11-34-20-25(39-16-13-32-8-6-28)19-33-10-9-31-7-5-27;;;;;;;;;;;;;;;;;;;;/h5-6,23-26H,7-22H2,1-4H3;20*1H4. The van der Waals surface area contributed by atoms with Crippen LogP contribution in [0.1, 0.15) is 162 Å². The number of hydrogen-bond donors (Lipinski definition) is 0. The molecule has 14 heteroatoms. The van der Waals surface area contributed by atoms with Crippen LogP contribution in [0.4, 0.5) is 0 Å². The molecular weight excluding hydrogens is 776 g/mol. The minimum atomic E-state index is -0.354. The number of hydrogen-bond acceptors (Lipinski definition) is 14. The third kappa shape index (κ3) is 101. The van der Waals surface area contributed by atoms with Crippen LogP contribution in [0.15, 0.2) is 0 Å². The second-order valence-corrected chi connectivity index (χ2v) is 8.12. The highest BCUT2D eigenvalue weighted by Gasteiger charge is 2.13. The Morgan fingerprint density at radius 3 is 0.783 bits per heavy atom. The lowest BCUT2D eigenvalue weighted by Gasteiger charge is -2.20. The Morgan fingerprint density at radius 1 is 0.317 bits per heavy atom. The maximum Gasteiger partial charge on any atom is 0.154 e. The molecule has 0 aromatic carbocycles. The monoisotopic (exact) mass is 907 g/mol. The number of methoxy groups -OCH3 is 2. The van der Waals surface area contributed by atoms with Crippen LogP contribution in [0.25, 0.3) is 0 Å². The van der Waals surface area contributed by atoms with E-state index in [0.29, 0.717) is 78.6 Å². The molecule has 0 fully saturated rings. The summed E-state index contributed by atoms with van der Waals surface area (Å²) in [6, 6.07) is 0. The first-order chi connectivity index (χ1) is 19.6. The lowest BCUT2D eigenvalue weighted by Crippen LogP contribution is -2.30. The minimum absolute atomic E-state index is 0. The fourth-order valence-corrected chi connectivity index (χ4v) is 2.76. The highest BCUT2D eigenvalue weighted by Crippen LogP contribution is 2.00. The van der Waals surface area contributed by atoms with Gasteiger partial charge in [0.15, 0.2) is 12.6 Å². The van der Waals surface area contributed by atoms with Gasteiger partial charge in [0.05, 0.1) is 92.5 Å². The van der Waals surface area contributed by atoms with Gasteiger partial charge in [-0.3, -0.25) is 0 Å². The van der Waals surface area contributed by atoms with Crippen molar-refractivity contribution >= 4 is 12.6 Å². The van der Waals surface area contributed by atoms with Crippen LogP contribution in [-0.4, -0.2) is 157 Å². The molecule has 0 radical (unpaired) electrons. The molecule has 0 aliphatic rings. The SMILES string of the molecule is C.C.C.C.C.C.C.C.C.C.C.C.C.C.C.C.C.C.C.C.COC(C)OCCOCC(COCCOCC(COCCOCC=O)OCCOCC=O)OCCOC(C)OC. The lowest BCUT2D eigenvalue weighted by molar-refractivity contribution is -0.142. The molecular formula is C46H130O14. The number of aldehydes is 2. The quantitative estimate of drug-likeness (QED) is 0.0350. The Bertz CT molecular complexity index is 551. The molecule has 0 aliphatic heterocycles. The predicted molar refractivity (Wildman–Crippen MR) is 276 cm³/mol. The molecule has 398 valence electrons. The summed E-state index contributed by atoms with van der Waals surface area (Å²) in [5, 5.41) is 0. The molecule has 0 bridgehead atoms. The van der Waals surface area contributed by atoms with Crippen molar-refractivity contribution in [3.8, 4) is 0 Å². The molecule has 0 aromatic heterocycles. The van der Waals surface area contributed by atoms with E-state index >= 15 is 0 Å². The van der Waals surface area contributed by atoms with Crippen molar-refractivity contribution in [2.45, 2.75) is 187 Å². The van der Waals surface area contributed by atoms with Crippen LogP contribution >= 0.6 is 0 Å². The number of carbonyl (C=O) groups is 2. The van der Waals surface area contributed by atoms with Gasteiger partial charge in [-0.25, -0.2) is 0 Å². The van der Waals surface area contributed by atoms with Crippen LogP contribution in [0.2, 0.25) is 0 Å². The van der Waals surface area contributed by atoms with E-state index in [1.165, 1.54) is 0 Å². The molecule has 0 aliphatic carbocycles. The third-order valence-electron chi connectivity index (χ3n) is 4.95. The first kappa shape index (κ1) is 137. The predicted octanol–water partition coefficient (Wildman–Crippen LogP) is 13.0. The van der Waals surface area contributed by atoms with Crippen molar-refractivity contribution in [2.24, 2.45) is 0 Å². The summed E-state index contributed by atoms with van der Waals surface area (Å²) in [4.78, 5) is 20.6. The highest BCUT2D eigenvalue weighted by atomic mass is 16.7. The zero-order chi connectivity index (χ0) is 29.5. The van der Waals surface area contributed by atoms with Crippen LogP contribution in [0.3, 0.4) is 0 Å². The topological polar surface area (TPSA) is 145 Å². The third-order valence-corrected chi connectivity index (χ3v) is 4.95. The fourth-order valence-electron chi connectivity index (χ4n) is 2.76. The van der Waals surface area contributed by atoms with Gasteiger partial charge >= 0.3 is 0 Å². The molecule has 0 heterocycles. The van der Waals surface area contributed by atoms with Gasteiger partial charge in [-0.15, -0.1) is 0 Å². The van der Waals surface area contributed by atoms with E-state index in [1.807, 2.05) is 6.92 Å². The van der Waals surface area contributed by atoms with Gasteiger partial charge in [0, 0.05) is 14.2 Å². The minimum Gasteiger partial charge on any atom is -0.376 e. The van der Waals surface area contributed by atoms with Crippen molar-refractivity contribution in [1.82, 2.24) is 0 Å². The summed E-state index contributed by atoms with van der Waals surface area (Å²) in [6.07, 6.45) is 0.0862. The maximum absolute atomic E-state index is 10.3. The van der Waals surface area contributed by atoms with Gasteiger partial charge in [-0.2, -0.15) is 0 Å². The number of carbonyl (C=O) groups excluding carboxylic acids is 2. The zero-order valence-electron chi connectivity index (χ0n) is 24.5. The molecule has 0 amide bonds. The smallest absolute Gasteiger partial charge is 0.154 e. The van der Waals surface area contributed by atoms with Crippen LogP contribution in [0, 0.1) is 0 Å². The van der Waals surface area contributed by atoms with Crippen LogP contribution in [0.5, 0.6) is 0 Å². The first-order valence-electron chi connectivity index (χ1n) is 13.4. The zero-order valence-corrected chi connectivity index (χ0v) is 24.5. The van der Waals surface area contributed by atoms with Gasteiger partial charge in [0.1, 0.15) is 38.0 Å². The van der Waals surface area contributed by atoms with Gasteiger partial charge in [-0.1, -0.05) is 149 Å². The summed E-state index contributed by atoms with van der Waals surface area (Å²) >= 11 is 0. The number of rotatable bonds is 33. The summed E-state index contributed by atoms with van der Waals surface area (Å²) in [6.45, 7) is 8.16. The summed E-state index contributed by atoms with van der Waals surface area (Å²) in [5.74, 6) is 0. The van der Waals surface area contributed by atoms with E-state index in [2.05, 4.69) is 0 Å².